The first kappa shape index (κ1) is 19.9. The minimum absolute atomic E-state index is 0.0305. The largest absolute Gasteiger partial charge is 0.344 e. The highest BCUT2D eigenvalue weighted by atomic mass is 32.2. The standard InChI is InChI=1S/C18H29N3O3S/c1-14(2)16(19)11-13-20(3)18(22)17-10-7-12-21(17)25(23,24)15-8-5-4-6-9-15/h4-6,8-9,14,16-17H,7,10-13,19H2,1-3H3. The van der Waals surface area contributed by atoms with Crippen molar-refractivity contribution in [1.82, 2.24) is 9.21 Å². The van der Waals surface area contributed by atoms with E-state index in [1.807, 2.05) is 0 Å². The average molecular weight is 368 g/mol. The number of carbonyl (C=O) groups excluding carboxylic acids is 1. The fourth-order valence-electron chi connectivity index (χ4n) is 3.04. The smallest absolute Gasteiger partial charge is 0.243 e. The molecule has 2 atom stereocenters. The van der Waals surface area contributed by atoms with Gasteiger partial charge in [-0.3, -0.25) is 4.79 Å². The molecular formula is C18H29N3O3S. The Morgan fingerprint density at radius 3 is 2.56 bits per heavy atom. The summed E-state index contributed by atoms with van der Waals surface area (Å²) in [5.74, 6) is 0.206. The molecule has 1 aliphatic heterocycles. The summed E-state index contributed by atoms with van der Waals surface area (Å²) < 4.78 is 27.1. The van der Waals surface area contributed by atoms with Crippen molar-refractivity contribution >= 4 is 15.9 Å². The van der Waals surface area contributed by atoms with Crippen LogP contribution in [0, 0.1) is 5.92 Å². The van der Waals surface area contributed by atoms with E-state index in [1.165, 1.54) is 4.31 Å². The van der Waals surface area contributed by atoms with Gasteiger partial charge in [-0.05, 0) is 37.3 Å². The second kappa shape index (κ2) is 8.29. The van der Waals surface area contributed by atoms with Crippen molar-refractivity contribution in [2.75, 3.05) is 20.1 Å². The number of amides is 1. The van der Waals surface area contributed by atoms with Crippen LogP contribution in [0.3, 0.4) is 0 Å². The first-order valence-corrected chi connectivity index (χ1v) is 10.3. The van der Waals surface area contributed by atoms with Crippen LogP contribution in [0.1, 0.15) is 33.1 Å². The number of carbonyl (C=O) groups is 1. The zero-order chi connectivity index (χ0) is 18.6. The number of nitrogens with zero attached hydrogens (tertiary/aromatic N) is 2. The third-order valence-corrected chi connectivity index (χ3v) is 6.79. The molecule has 1 aromatic rings. The van der Waals surface area contributed by atoms with E-state index in [0.29, 0.717) is 38.3 Å². The summed E-state index contributed by atoms with van der Waals surface area (Å²) in [4.78, 5) is 14.6. The number of sulfonamides is 1. The van der Waals surface area contributed by atoms with Crippen LogP contribution in [0.4, 0.5) is 0 Å². The Morgan fingerprint density at radius 1 is 1.32 bits per heavy atom. The van der Waals surface area contributed by atoms with E-state index in [2.05, 4.69) is 13.8 Å². The van der Waals surface area contributed by atoms with Gasteiger partial charge in [0.1, 0.15) is 6.04 Å². The van der Waals surface area contributed by atoms with E-state index in [-0.39, 0.29) is 16.8 Å². The molecule has 1 aliphatic rings. The number of rotatable bonds is 7. The van der Waals surface area contributed by atoms with Crippen LogP contribution in [0.25, 0.3) is 0 Å². The van der Waals surface area contributed by atoms with Crippen LogP contribution < -0.4 is 5.73 Å². The molecule has 1 heterocycles. The number of likely N-dealkylation sites (N-methyl/N-ethyl adjacent to an activating group) is 1. The van der Waals surface area contributed by atoms with Crippen LogP contribution in [0.5, 0.6) is 0 Å². The Bertz CT molecular complexity index is 676. The Labute approximate surface area is 151 Å². The maximum atomic E-state index is 12.9. The summed E-state index contributed by atoms with van der Waals surface area (Å²) >= 11 is 0. The molecule has 2 rings (SSSR count). The maximum absolute atomic E-state index is 12.9. The van der Waals surface area contributed by atoms with E-state index < -0.39 is 16.1 Å². The van der Waals surface area contributed by atoms with Crippen molar-refractivity contribution in [1.29, 1.82) is 0 Å². The lowest BCUT2D eigenvalue weighted by molar-refractivity contribution is -0.133. The number of nitrogens with two attached hydrogens (primary N) is 1. The zero-order valence-electron chi connectivity index (χ0n) is 15.3. The molecule has 1 aromatic carbocycles. The molecule has 0 spiro atoms. The van der Waals surface area contributed by atoms with Crippen molar-refractivity contribution in [2.45, 2.75) is 50.1 Å². The molecule has 1 saturated heterocycles. The minimum Gasteiger partial charge on any atom is -0.344 e. The second-order valence-electron chi connectivity index (χ2n) is 7.04. The normalized spacial score (nSPS) is 20.0. The van der Waals surface area contributed by atoms with Gasteiger partial charge in [-0.1, -0.05) is 32.0 Å². The summed E-state index contributed by atoms with van der Waals surface area (Å²) in [7, 11) is -1.93. The van der Waals surface area contributed by atoms with Gasteiger partial charge in [-0.25, -0.2) is 8.42 Å². The fourth-order valence-corrected chi connectivity index (χ4v) is 4.72. The quantitative estimate of drug-likeness (QED) is 0.794. The summed E-state index contributed by atoms with van der Waals surface area (Å²) in [6.45, 7) is 5.02. The molecule has 0 aliphatic carbocycles. The van der Waals surface area contributed by atoms with Crippen molar-refractivity contribution in [2.24, 2.45) is 11.7 Å². The maximum Gasteiger partial charge on any atom is 0.243 e. The highest BCUT2D eigenvalue weighted by molar-refractivity contribution is 7.89. The van der Waals surface area contributed by atoms with Gasteiger partial charge in [0.05, 0.1) is 4.90 Å². The van der Waals surface area contributed by atoms with Crippen LogP contribution in [-0.2, 0) is 14.8 Å². The first-order chi connectivity index (χ1) is 11.7. The summed E-state index contributed by atoms with van der Waals surface area (Å²) in [6.07, 6.45) is 1.96. The zero-order valence-corrected chi connectivity index (χ0v) is 16.1. The monoisotopic (exact) mass is 367 g/mol. The lowest BCUT2D eigenvalue weighted by Gasteiger charge is -2.28. The van der Waals surface area contributed by atoms with Crippen LogP contribution in [0.2, 0.25) is 0 Å². The van der Waals surface area contributed by atoms with E-state index in [9.17, 15) is 13.2 Å². The van der Waals surface area contributed by atoms with E-state index in [4.69, 9.17) is 5.73 Å². The topological polar surface area (TPSA) is 83.7 Å². The van der Waals surface area contributed by atoms with Crippen LogP contribution >= 0.6 is 0 Å². The van der Waals surface area contributed by atoms with Crippen molar-refractivity contribution in [3.63, 3.8) is 0 Å². The molecule has 0 saturated carbocycles. The molecule has 1 fully saturated rings. The van der Waals surface area contributed by atoms with Gasteiger partial charge in [-0.15, -0.1) is 0 Å². The third kappa shape index (κ3) is 4.59. The second-order valence-corrected chi connectivity index (χ2v) is 8.93. The van der Waals surface area contributed by atoms with Gasteiger partial charge in [0.25, 0.3) is 0 Å². The summed E-state index contributed by atoms with van der Waals surface area (Å²) in [6, 6.07) is 7.71. The van der Waals surface area contributed by atoms with E-state index >= 15 is 0 Å². The highest BCUT2D eigenvalue weighted by Crippen LogP contribution is 2.27. The molecule has 0 bridgehead atoms. The van der Waals surface area contributed by atoms with Gasteiger partial charge in [0.15, 0.2) is 0 Å². The van der Waals surface area contributed by atoms with Crippen LogP contribution in [-0.4, -0.2) is 55.8 Å². The van der Waals surface area contributed by atoms with Crippen molar-refractivity contribution < 1.29 is 13.2 Å². The van der Waals surface area contributed by atoms with Gasteiger partial charge >= 0.3 is 0 Å². The minimum atomic E-state index is -3.65. The molecule has 0 radical (unpaired) electrons. The molecule has 6 nitrogen and oxygen atoms in total. The number of benzene rings is 1. The van der Waals surface area contributed by atoms with Crippen LogP contribution in [0.15, 0.2) is 35.2 Å². The molecule has 140 valence electrons. The van der Waals surface area contributed by atoms with E-state index in [1.54, 1.807) is 42.3 Å². The molecule has 2 N–H and O–H groups in total. The Kier molecular flexibility index (Phi) is 6.59. The lowest BCUT2D eigenvalue weighted by Crippen LogP contribution is -2.47. The fraction of sp³-hybridized carbons (Fsp3) is 0.611. The number of hydrogen-bond acceptors (Lipinski definition) is 4. The average Bonchev–Trinajstić information content (AvgIpc) is 3.09. The predicted octanol–water partition coefficient (Wildman–Crippen LogP) is 1.67. The Balaban J connectivity index is 2.09. The molecular weight excluding hydrogens is 338 g/mol. The molecule has 0 aromatic heterocycles. The first-order valence-electron chi connectivity index (χ1n) is 8.82. The molecule has 1 amide bonds. The third-order valence-electron chi connectivity index (χ3n) is 4.87. The van der Waals surface area contributed by atoms with E-state index in [0.717, 1.165) is 0 Å². The van der Waals surface area contributed by atoms with Crippen molar-refractivity contribution in [3.05, 3.63) is 30.3 Å². The number of hydrogen-bond donors (Lipinski definition) is 1. The van der Waals surface area contributed by atoms with Gasteiger partial charge in [0, 0.05) is 26.2 Å². The lowest BCUT2D eigenvalue weighted by atomic mass is 10.0. The molecule has 2 unspecified atom stereocenters. The highest BCUT2D eigenvalue weighted by Gasteiger charge is 2.40. The van der Waals surface area contributed by atoms with Gasteiger partial charge in [-0.2, -0.15) is 4.31 Å². The molecule has 7 heteroatoms. The SMILES string of the molecule is CC(C)C(N)CCN(C)C(=O)C1CCCN1S(=O)(=O)c1ccccc1. The van der Waals surface area contributed by atoms with Crippen molar-refractivity contribution in [3.8, 4) is 0 Å². The predicted molar refractivity (Wildman–Crippen MR) is 98.4 cm³/mol. The van der Waals surface area contributed by atoms with Gasteiger partial charge < -0.3 is 10.6 Å². The van der Waals surface area contributed by atoms with Gasteiger partial charge in [0.2, 0.25) is 15.9 Å². The summed E-state index contributed by atoms with van der Waals surface area (Å²) in [5.41, 5.74) is 6.05. The summed E-state index contributed by atoms with van der Waals surface area (Å²) in [5, 5.41) is 0. The Morgan fingerprint density at radius 2 is 1.96 bits per heavy atom. The molecule has 25 heavy (non-hydrogen) atoms. The Hall–Kier alpha value is -1.44.